The molecule has 0 aromatic carbocycles. The maximum absolute atomic E-state index is 11.9. The molecule has 1 heterocycles. The maximum atomic E-state index is 11.9. The van der Waals surface area contributed by atoms with E-state index >= 15 is 0 Å². The van der Waals surface area contributed by atoms with Crippen LogP contribution in [0.15, 0.2) is 15.8 Å². The van der Waals surface area contributed by atoms with Crippen LogP contribution in [-0.4, -0.2) is 14.9 Å². The first-order chi connectivity index (χ1) is 8.38. The summed E-state index contributed by atoms with van der Waals surface area (Å²) in [6.45, 7) is 6.00. The lowest BCUT2D eigenvalue weighted by molar-refractivity contribution is 0.101. The highest BCUT2D eigenvalue weighted by molar-refractivity contribution is 5.93. The molecule has 1 unspecified atom stereocenters. The molecular formula is C13H20N2O3. The van der Waals surface area contributed by atoms with Crippen LogP contribution in [0.4, 0.5) is 0 Å². The summed E-state index contributed by atoms with van der Waals surface area (Å²) in [4.78, 5) is 35.0. The van der Waals surface area contributed by atoms with Gasteiger partial charge in [0.1, 0.15) is 0 Å². The van der Waals surface area contributed by atoms with Gasteiger partial charge in [-0.1, -0.05) is 20.3 Å². The molecule has 0 amide bonds. The minimum Gasteiger partial charge on any atom is -0.299 e. The molecule has 0 bridgehead atoms. The van der Waals surface area contributed by atoms with Gasteiger partial charge in [-0.15, -0.1) is 0 Å². The highest BCUT2D eigenvalue weighted by atomic mass is 16.2. The molecule has 1 rings (SSSR count). The summed E-state index contributed by atoms with van der Waals surface area (Å²) in [5.74, 6) is 0.0255. The molecular weight excluding hydrogens is 232 g/mol. The van der Waals surface area contributed by atoms with Crippen molar-refractivity contribution in [2.24, 2.45) is 13.0 Å². The van der Waals surface area contributed by atoms with Crippen molar-refractivity contribution in [2.45, 2.75) is 40.2 Å². The highest BCUT2D eigenvalue weighted by Crippen LogP contribution is 2.07. The minimum atomic E-state index is -0.521. The van der Waals surface area contributed by atoms with Gasteiger partial charge in [0.15, 0.2) is 5.78 Å². The van der Waals surface area contributed by atoms with Crippen LogP contribution >= 0.6 is 0 Å². The van der Waals surface area contributed by atoms with Crippen molar-refractivity contribution in [1.82, 2.24) is 9.13 Å². The smallest absolute Gasteiger partial charge is 0.299 e. The second kappa shape index (κ2) is 5.80. The van der Waals surface area contributed by atoms with E-state index in [9.17, 15) is 14.4 Å². The maximum Gasteiger partial charge on any atom is 0.330 e. The Labute approximate surface area is 106 Å². The summed E-state index contributed by atoms with van der Waals surface area (Å²) in [5, 5.41) is 0. The van der Waals surface area contributed by atoms with E-state index in [0.717, 1.165) is 17.4 Å². The molecule has 0 aliphatic carbocycles. The average molecular weight is 252 g/mol. The van der Waals surface area contributed by atoms with Crippen LogP contribution in [0, 0.1) is 5.92 Å². The molecule has 18 heavy (non-hydrogen) atoms. The third kappa shape index (κ3) is 2.97. The van der Waals surface area contributed by atoms with Crippen LogP contribution < -0.4 is 11.2 Å². The summed E-state index contributed by atoms with van der Waals surface area (Å²) in [6.07, 6.45) is 3.44. The van der Waals surface area contributed by atoms with Crippen molar-refractivity contribution < 1.29 is 4.79 Å². The van der Waals surface area contributed by atoms with E-state index in [1.54, 1.807) is 0 Å². The molecule has 5 heteroatoms. The number of aromatic nitrogens is 2. The fraction of sp³-hybridized carbons (Fsp3) is 0.615. The molecule has 0 aliphatic rings. The predicted molar refractivity (Wildman–Crippen MR) is 70.0 cm³/mol. The van der Waals surface area contributed by atoms with Crippen LogP contribution in [0.1, 0.15) is 44.0 Å². The predicted octanol–water partition coefficient (Wildman–Crippen LogP) is 1.19. The Bertz CT molecular complexity index is 554. The summed E-state index contributed by atoms with van der Waals surface area (Å²) in [6, 6.07) is 0. The van der Waals surface area contributed by atoms with Crippen molar-refractivity contribution >= 4 is 5.78 Å². The van der Waals surface area contributed by atoms with Crippen molar-refractivity contribution in [2.75, 3.05) is 0 Å². The number of hydrogen-bond acceptors (Lipinski definition) is 3. The van der Waals surface area contributed by atoms with Gasteiger partial charge in [-0.3, -0.25) is 18.7 Å². The van der Waals surface area contributed by atoms with E-state index in [1.807, 2.05) is 0 Å². The Balaban J connectivity index is 3.25. The van der Waals surface area contributed by atoms with Crippen molar-refractivity contribution in [3.05, 3.63) is 32.6 Å². The topological polar surface area (TPSA) is 61.1 Å². The van der Waals surface area contributed by atoms with Crippen molar-refractivity contribution in [3.8, 4) is 0 Å². The average Bonchev–Trinajstić information content (AvgIpc) is 2.30. The molecule has 0 aliphatic heterocycles. The number of carbonyl (C=O) groups is 1. The molecule has 0 saturated heterocycles. The highest BCUT2D eigenvalue weighted by Gasteiger charge is 2.13. The van der Waals surface area contributed by atoms with Crippen LogP contribution in [-0.2, 0) is 13.6 Å². The van der Waals surface area contributed by atoms with E-state index < -0.39 is 5.56 Å². The zero-order valence-corrected chi connectivity index (χ0v) is 11.4. The summed E-state index contributed by atoms with van der Waals surface area (Å²) >= 11 is 0. The number of carbonyl (C=O) groups excluding carboxylic acids is 1. The van der Waals surface area contributed by atoms with Gasteiger partial charge in [0, 0.05) is 19.8 Å². The van der Waals surface area contributed by atoms with E-state index in [4.69, 9.17) is 0 Å². The Kier molecular flexibility index (Phi) is 4.64. The Morgan fingerprint density at radius 3 is 2.50 bits per heavy atom. The second-order valence-corrected chi connectivity index (χ2v) is 4.79. The number of Topliss-reactive ketones (excluding diaryl/α,β-unsaturated/α-hetero) is 1. The fourth-order valence-electron chi connectivity index (χ4n) is 2.02. The van der Waals surface area contributed by atoms with E-state index in [0.29, 0.717) is 12.5 Å². The van der Waals surface area contributed by atoms with E-state index in [-0.39, 0.29) is 17.0 Å². The number of rotatable bonds is 5. The SMILES string of the molecule is CCCC(C)Cn1cc(C(C)=O)c(=O)n(C)c1=O. The first kappa shape index (κ1) is 14.4. The zero-order valence-electron chi connectivity index (χ0n) is 11.4. The molecule has 0 N–H and O–H groups in total. The Morgan fingerprint density at radius 2 is 2.00 bits per heavy atom. The largest absolute Gasteiger partial charge is 0.330 e. The van der Waals surface area contributed by atoms with Crippen LogP contribution in [0.3, 0.4) is 0 Å². The van der Waals surface area contributed by atoms with Crippen LogP contribution in [0.25, 0.3) is 0 Å². The first-order valence-corrected chi connectivity index (χ1v) is 6.19. The molecule has 0 radical (unpaired) electrons. The molecule has 0 spiro atoms. The van der Waals surface area contributed by atoms with Crippen LogP contribution in [0.5, 0.6) is 0 Å². The Hall–Kier alpha value is -1.65. The lowest BCUT2D eigenvalue weighted by Gasteiger charge is -2.14. The third-order valence-electron chi connectivity index (χ3n) is 3.02. The monoisotopic (exact) mass is 252 g/mol. The second-order valence-electron chi connectivity index (χ2n) is 4.79. The van der Waals surface area contributed by atoms with Gasteiger partial charge in [-0.25, -0.2) is 4.79 Å². The van der Waals surface area contributed by atoms with E-state index in [1.165, 1.54) is 24.7 Å². The van der Waals surface area contributed by atoms with Gasteiger partial charge in [0.2, 0.25) is 0 Å². The van der Waals surface area contributed by atoms with Crippen molar-refractivity contribution in [3.63, 3.8) is 0 Å². The lowest BCUT2D eigenvalue weighted by Crippen LogP contribution is -2.41. The van der Waals surface area contributed by atoms with Gasteiger partial charge in [-0.2, -0.15) is 0 Å². The molecule has 1 atom stereocenters. The standard InChI is InChI=1S/C13H20N2O3/c1-5-6-9(2)7-15-8-11(10(3)16)12(17)14(4)13(15)18/h8-9H,5-7H2,1-4H3. The number of nitrogens with zero attached hydrogens (tertiary/aromatic N) is 2. The molecule has 1 aromatic rings. The normalized spacial score (nSPS) is 12.4. The molecule has 0 fully saturated rings. The fourth-order valence-corrected chi connectivity index (χ4v) is 2.02. The number of ketones is 1. The van der Waals surface area contributed by atoms with Gasteiger partial charge in [0.05, 0.1) is 5.56 Å². The van der Waals surface area contributed by atoms with Crippen molar-refractivity contribution in [1.29, 1.82) is 0 Å². The van der Waals surface area contributed by atoms with Gasteiger partial charge >= 0.3 is 5.69 Å². The van der Waals surface area contributed by atoms with Gasteiger partial charge in [-0.05, 0) is 19.3 Å². The summed E-state index contributed by atoms with van der Waals surface area (Å²) in [5.41, 5.74) is -0.819. The van der Waals surface area contributed by atoms with Gasteiger partial charge in [0.25, 0.3) is 5.56 Å². The first-order valence-electron chi connectivity index (χ1n) is 6.19. The zero-order chi connectivity index (χ0) is 13.9. The summed E-state index contributed by atoms with van der Waals surface area (Å²) < 4.78 is 2.45. The Morgan fingerprint density at radius 1 is 1.39 bits per heavy atom. The minimum absolute atomic E-state index is 0.0702. The van der Waals surface area contributed by atoms with Crippen LogP contribution in [0.2, 0.25) is 0 Å². The molecule has 1 aromatic heterocycles. The lowest BCUT2D eigenvalue weighted by atomic mass is 10.1. The third-order valence-corrected chi connectivity index (χ3v) is 3.02. The molecule has 5 nitrogen and oxygen atoms in total. The quantitative estimate of drug-likeness (QED) is 0.739. The van der Waals surface area contributed by atoms with Gasteiger partial charge < -0.3 is 0 Å². The number of hydrogen-bond donors (Lipinski definition) is 0. The molecule has 100 valence electrons. The summed E-state index contributed by atoms with van der Waals surface area (Å²) in [7, 11) is 1.40. The molecule has 0 saturated carbocycles. The van der Waals surface area contributed by atoms with E-state index in [2.05, 4.69) is 13.8 Å².